The van der Waals surface area contributed by atoms with Gasteiger partial charge in [-0.05, 0) is 31.5 Å². The first-order valence-electron chi connectivity index (χ1n) is 6.41. The van der Waals surface area contributed by atoms with Crippen molar-refractivity contribution in [1.82, 2.24) is 14.8 Å². The van der Waals surface area contributed by atoms with Gasteiger partial charge in [0.1, 0.15) is 5.82 Å². The molecule has 1 atom stereocenters. The van der Waals surface area contributed by atoms with Gasteiger partial charge in [-0.25, -0.2) is 13.4 Å². The topological polar surface area (TPSA) is 86.1 Å². The summed E-state index contributed by atoms with van der Waals surface area (Å²) in [7, 11) is -2.05. The molecule has 0 aliphatic carbocycles. The third-order valence-electron chi connectivity index (χ3n) is 2.88. The van der Waals surface area contributed by atoms with E-state index < -0.39 is 16.1 Å². The SMILES string of the molecule is COC(C)CS(=O)(=O)Nc1ccnn1-c1cc(C)ccn1. The van der Waals surface area contributed by atoms with E-state index in [9.17, 15) is 8.42 Å². The fraction of sp³-hybridized carbons (Fsp3) is 0.385. The highest BCUT2D eigenvalue weighted by molar-refractivity contribution is 7.92. The summed E-state index contributed by atoms with van der Waals surface area (Å²) in [5, 5.41) is 4.11. The largest absolute Gasteiger partial charge is 0.381 e. The molecule has 2 aromatic rings. The second-order valence-electron chi connectivity index (χ2n) is 4.75. The number of aryl methyl sites for hydroxylation is 1. The lowest BCUT2D eigenvalue weighted by molar-refractivity contribution is 0.136. The standard InChI is InChI=1S/C13H18N4O3S/c1-10-4-6-14-13(8-10)17-12(5-7-15-17)16-21(18,19)9-11(2)20-3/h4-8,11,16H,9H2,1-3H3. The highest BCUT2D eigenvalue weighted by Crippen LogP contribution is 2.15. The number of sulfonamides is 1. The number of hydrogen-bond donors (Lipinski definition) is 1. The van der Waals surface area contributed by atoms with Crippen molar-refractivity contribution in [3.63, 3.8) is 0 Å². The molecular weight excluding hydrogens is 292 g/mol. The molecule has 1 unspecified atom stereocenters. The normalized spacial score (nSPS) is 13.1. The minimum atomic E-state index is -3.52. The molecule has 21 heavy (non-hydrogen) atoms. The van der Waals surface area contributed by atoms with Gasteiger partial charge in [-0.2, -0.15) is 9.78 Å². The number of rotatable bonds is 6. The Morgan fingerprint density at radius 3 is 2.81 bits per heavy atom. The van der Waals surface area contributed by atoms with Crippen LogP contribution in [0.1, 0.15) is 12.5 Å². The van der Waals surface area contributed by atoms with Gasteiger partial charge in [-0.15, -0.1) is 0 Å². The van der Waals surface area contributed by atoms with E-state index in [1.165, 1.54) is 18.0 Å². The third kappa shape index (κ3) is 4.02. The van der Waals surface area contributed by atoms with Crippen LogP contribution in [-0.2, 0) is 14.8 Å². The fourth-order valence-corrected chi connectivity index (χ4v) is 3.09. The van der Waals surface area contributed by atoms with E-state index in [1.54, 1.807) is 19.2 Å². The van der Waals surface area contributed by atoms with Crippen LogP contribution in [0.3, 0.4) is 0 Å². The van der Waals surface area contributed by atoms with Gasteiger partial charge in [0.05, 0.1) is 18.1 Å². The number of methoxy groups -OCH3 is 1. The molecule has 0 fully saturated rings. The van der Waals surface area contributed by atoms with Gasteiger partial charge in [0.15, 0.2) is 5.82 Å². The molecule has 0 aliphatic rings. The molecule has 2 aromatic heterocycles. The predicted octanol–water partition coefficient (Wildman–Crippen LogP) is 1.35. The number of hydrogen-bond acceptors (Lipinski definition) is 5. The van der Waals surface area contributed by atoms with Gasteiger partial charge < -0.3 is 4.74 Å². The van der Waals surface area contributed by atoms with Crippen LogP contribution in [0.15, 0.2) is 30.6 Å². The number of ether oxygens (including phenoxy) is 1. The van der Waals surface area contributed by atoms with E-state index in [0.717, 1.165) is 5.56 Å². The van der Waals surface area contributed by atoms with Crippen molar-refractivity contribution in [2.75, 3.05) is 17.6 Å². The van der Waals surface area contributed by atoms with Gasteiger partial charge in [0.2, 0.25) is 10.0 Å². The summed E-state index contributed by atoms with van der Waals surface area (Å²) in [6.07, 6.45) is 2.77. The van der Waals surface area contributed by atoms with Gasteiger partial charge in [0.25, 0.3) is 0 Å². The zero-order valence-corrected chi connectivity index (χ0v) is 13.0. The van der Waals surface area contributed by atoms with Gasteiger partial charge in [0, 0.05) is 19.4 Å². The lowest BCUT2D eigenvalue weighted by Gasteiger charge is -2.13. The molecule has 2 heterocycles. The molecular formula is C13H18N4O3S. The van der Waals surface area contributed by atoms with Gasteiger partial charge in [-0.3, -0.25) is 4.72 Å². The molecule has 0 saturated carbocycles. The van der Waals surface area contributed by atoms with Crippen molar-refractivity contribution >= 4 is 15.8 Å². The Morgan fingerprint density at radius 1 is 1.38 bits per heavy atom. The summed E-state index contributed by atoms with van der Waals surface area (Å²) in [6, 6.07) is 5.26. The zero-order chi connectivity index (χ0) is 15.5. The molecule has 0 spiro atoms. The van der Waals surface area contributed by atoms with E-state index in [-0.39, 0.29) is 5.75 Å². The minimum absolute atomic E-state index is 0.129. The molecule has 0 saturated heterocycles. The first kappa shape index (κ1) is 15.5. The van der Waals surface area contributed by atoms with Crippen molar-refractivity contribution in [2.24, 2.45) is 0 Å². The molecule has 7 nitrogen and oxygen atoms in total. The first-order valence-corrected chi connectivity index (χ1v) is 8.07. The summed E-state index contributed by atoms with van der Waals surface area (Å²) >= 11 is 0. The summed E-state index contributed by atoms with van der Waals surface area (Å²) in [5.74, 6) is 0.768. The molecule has 8 heteroatoms. The quantitative estimate of drug-likeness (QED) is 0.870. The Morgan fingerprint density at radius 2 is 2.14 bits per heavy atom. The third-order valence-corrected chi connectivity index (χ3v) is 4.31. The Kier molecular flexibility index (Phi) is 4.59. The lowest BCUT2D eigenvalue weighted by Crippen LogP contribution is -2.26. The minimum Gasteiger partial charge on any atom is -0.381 e. The summed E-state index contributed by atoms with van der Waals surface area (Å²) in [6.45, 7) is 3.62. The van der Waals surface area contributed by atoms with E-state index in [4.69, 9.17) is 4.74 Å². The maximum absolute atomic E-state index is 12.1. The maximum Gasteiger partial charge on any atom is 0.236 e. The molecule has 2 rings (SSSR count). The molecule has 0 bridgehead atoms. The van der Waals surface area contributed by atoms with Crippen molar-refractivity contribution in [3.8, 4) is 5.82 Å². The van der Waals surface area contributed by atoms with Crippen LogP contribution in [0.4, 0.5) is 5.82 Å². The molecule has 0 aromatic carbocycles. The number of anilines is 1. The summed E-state index contributed by atoms with van der Waals surface area (Å²) < 4.78 is 33.1. The Labute approximate surface area is 124 Å². The second kappa shape index (κ2) is 6.23. The molecule has 114 valence electrons. The molecule has 1 N–H and O–H groups in total. The zero-order valence-electron chi connectivity index (χ0n) is 12.1. The highest BCUT2D eigenvalue weighted by Gasteiger charge is 2.18. The van der Waals surface area contributed by atoms with E-state index in [2.05, 4.69) is 14.8 Å². The van der Waals surface area contributed by atoms with Gasteiger partial charge >= 0.3 is 0 Å². The lowest BCUT2D eigenvalue weighted by atomic mass is 10.3. The van der Waals surface area contributed by atoms with Crippen LogP contribution in [0, 0.1) is 6.92 Å². The summed E-state index contributed by atoms with van der Waals surface area (Å²) in [5.41, 5.74) is 1.01. The van der Waals surface area contributed by atoms with Gasteiger partial charge in [-0.1, -0.05) is 0 Å². The predicted molar refractivity (Wildman–Crippen MR) is 80.0 cm³/mol. The molecule has 0 amide bonds. The average Bonchev–Trinajstić information content (AvgIpc) is 2.85. The molecule has 0 aliphatic heterocycles. The summed E-state index contributed by atoms with van der Waals surface area (Å²) in [4.78, 5) is 4.19. The van der Waals surface area contributed by atoms with Crippen LogP contribution in [-0.4, -0.2) is 42.1 Å². The van der Waals surface area contributed by atoms with Crippen LogP contribution in [0.25, 0.3) is 5.82 Å². The average molecular weight is 310 g/mol. The van der Waals surface area contributed by atoms with E-state index in [0.29, 0.717) is 11.6 Å². The monoisotopic (exact) mass is 310 g/mol. The number of pyridine rings is 1. The maximum atomic E-state index is 12.1. The van der Waals surface area contributed by atoms with Crippen LogP contribution in [0.5, 0.6) is 0 Å². The van der Waals surface area contributed by atoms with Crippen molar-refractivity contribution in [3.05, 3.63) is 36.2 Å². The van der Waals surface area contributed by atoms with Crippen LogP contribution < -0.4 is 4.72 Å². The van der Waals surface area contributed by atoms with Crippen molar-refractivity contribution in [2.45, 2.75) is 20.0 Å². The van der Waals surface area contributed by atoms with E-state index in [1.807, 2.05) is 19.1 Å². The number of aromatic nitrogens is 3. The van der Waals surface area contributed by atoms with Crippen molar-refractivity contribution < 1.29 is 13.2 Å². The second-order valence-corrected chi connectivity index (χ2v) is 6.52. The Balaban J connectivity index is 2.25. The van der Waals surface area contributed by atoms with Crippen LogP contribution in [0.2, 0.25) is 0 Å². The number of nitrogens with one attached hydrogen (secondary N) is 1. The highest BCUT2D eigenvalue weighted by atomic mass is 32.2. The molecule has 0 radical (unpaired) electrons. The smallest absolute Gasteiger partial charge is 0.236 e. The first-order chi connectivity index (χ1) is 9.91. The van der Waals surface area contributed by atoms with E-state index >= 15 is 0 Å². The van der Waals surface area contributed by atoms with Crippen LogP contribution >= 0.6 is 0 Å². The van der Waals surface area contributed by atoms with Crippen molar-refractivity contribution in [1.29, 1.82) is 0 Å². The Bertz CT molecular complexity index is 712. The number of nitrogens with zero attached hydrogens (tertiary/aromatic N) is 3. The Hall–Kier alpha value is -1.93. The fourth-order valence-electron chi connectivity index (χ4n) is 1.78.